The maximum absolute atomic E-state index is 6.99. The molecule has 0 aliphatic heterocycles. The van der Waals surface area contributed by atoms with Gasteiger partial charge in [0.15, 0.2) is 0 Å². The van der Waals surface area contributed by atoms with Crippen LogP contribution in [-0.2, 0) is 25.9 Å². The summed E-state index contributed by atoms with van der Waals surface area (Å²) in [5.74, 6) is 0. The average Bonchev–Trinajstić information content (AvgIpc) is 2.87. The van der Waals surface area contributed by atoms with Gasteiger partial charge < -0.3 is 25.9 Å². The van der Waals surface area contributed by atoms with Crippen molar-refractivity contribution in [3.8, 4) is 0 Å². The van der Waals surface area contributed by atoms with E-state index in [0.29, 0.717) is 5.38 Å². The van der Waals surface area contributed by atoms with Gasteiger partial charge in [-0.15, -0.1) is 19.7 Å². The molecule has 0 aromatic rings. The van der Waals surface area contributed by atoms with Gasteiger partial charge in [0.05, 0.1) is 5.38 Å². The van der Waals surface area contributed by atoms with E-state index in [0.717, 1.165) is 19.3 Å². The SMILES string of the molecule is C=C[Si](C)(C)C(CC)O[Si](C)(C)O[Si](C)(OC(=C)[Si](C)(C)OC(CC)[Si](C)(C)C=C)O[Si](C)(C)OC(CC)[Si](C)(C)C=C. The van der Waals surface area contributed by atoms with Gasteiger partial charge >= 0.3 is 25.9 Å². The zero-order chi connectivity index (χ0) is 34.3. The molecule has 13 heteroatoms. The van der Waals surface area contributed by atoms with Crippen LogP contribution in [0, 0.1) is 0 Å². The van der Waals surface area contributed by atoms with E-state index >= 15 is 0 Å². The molecule has 0 bridgehead atoms. The molecule has 0 amide bonds. The Labute approximate surface area is 274 Å². The van der Waals surface area contributed by atoms with E-state index in [1.165, 1.54) is 0 Å². The van der Waals surface area contributed by atoms with E-state index in [-0.39, 0.29) is 17.2 Å². The summed E-state index contributed by atoms with van der Waals surface area (Å²) in [6, 6.07) is 0. The highest BCUT2D eigenvalue weighted by Crippen LogP contribution is 2.33. The Bertz CT molecular complexity index is 905. The molecule has 0 rings (SSSR count). The quantitative estimate of drug-likeness (QED) is 0.0821. The number of hydrogen-bond acceptors (Lipinski definition) is 6. The van der Waals surface area contributed by atoms with E-state index in [1.54, 1.807) is 0 Å². The van der Waals surface area contributed by atoms with E-state index in [2.05, 4.69) is 143 Å². The Balaban J connectivity index is 6.56. The molecule has 0 saturated carbocycles. The first-order valence-electron chi connectivity index (χ1n) is 16.0. The van der Waals surface area contributed by atoms with Gasteiger partial charge in [0, 0.05) is 23.7 Å². The molecular formula is C30H68O6Si7. The highest BCUT2D eigenvalue weighted by molar-refractivity contribution is 6.88. The Morgan fingerprint density at radius 1 is 0.535 bits per heavy atom. The third kappa shape index (κ3) is 13.4. The minimum Gasteiger partial charge on any atom is -0.508 e. The Hall–Kier alpha value is 0.0782. The topological polar surface area (TPSA) is 55.4 Å². The van der Waals surface area contributed by atoms with Gasteiger partial charge in [-0.05, 0) is 58.5 Å². The summed E-state index contributed by atoms with van der Waals surface area (Å²) in [4.78, 5) is 0. The molecule has 3 atom stereocenters. The van der Waals surface area contributed by atoms with Crippen molar-refractivity contribution in [1.29, 1.82) is 0 Å². The van der Waals surface area contributed by atoms with Crippen molar-refractivity contribution in [2.75, 3.05) is 0 Å². The molecule has 3 unspecified atom stereocenters. The largest absolute Gasteiger partial charge is 0.544 e. The first-order valence-corrected chi connectivity index (χ1v) is 36.2. The fourth-order valence-electron chi connectivity index (χ4n) is 5.14. The molecule has 252 valence electrons. The highest BCUT2D eigenvalue weighted by atomic mass is 28.5. The van der Waals surface area contributed by atoms with Crippen molar-refractivity contribution in [2.24, 2.45) is 0 Å². The molecule has 0 fully saturated rings. The van der Waals surface area contributed by atoms with Gasteiger partial charge in [0.25, 0.3) is 8.32 Å². The van der Waals surface area contributed by atoms with Gasteiger partial charge in [-0.2, -0.15) is 0 Å². The summed E-state index contributed by atoms with van der Waals surface area (Å²) in [7, 11) is -16.9. The van der Waals surface area contributed by atoms with Crippen LogP contribution in [0.15, 0.2) is 48.8 Å². The number of rotatable bonds is 22. The van der Waals surface area contributed by atoms with Crippen LogP contribution in [0.4, 0.5) is 0 Å². The lowest BCUT2D eigenvalue weighted by Gasteiger charge is -2.44. The summed E-state index contributed by atoms with van der Waals surface area (Å²) in [6.07, 6.45) is 2.71. The molecule has 0 saturated heterocycles. The van der Waals surface area contributed by atoms with E-state index in [9.17, 15) is 0 Å². The van der Waals surface area contributed by atoms with Gasteiger partial charge in [-0.25, -0.2) is 0 Å². The summed E-state index contributed by atoms with van der Waals surface area (Å²) in [5, 5.41) is 0.629. The summed E-state index contributed by atoms with van der Waals surface area (Å²) in [6.45, 7) is 51.7. The van der Waals surface area contributed by atoms with Crippen LogP contribution in [0.3, 0.4) is 0 Å². The van der Waals surface area contributed by atoms with Crippen molar-refractivity contribution in [3.05, 3.63) is 48.8 Å². The first-order chi connectivity index (χ1) is 19.2. The van der Waals surface area contributed by atoms with Crippen molar-refractivity contribution in [3.63, 3.8) is 0 Å². The molecule has 0 aliphatic rings. The third-order valence-corrected chi connectivity index (χ3v) is 30.5. The summed E-state index contributed by atoms with van der Waals surface area (Å²) >= 11 is 0. The molecule has 0 aliphatic carbocycles. The predicted octanol–water partition coefficient (Wildman–Crippen LogP) is 9.57. The molecular weight excluding hydrogens is 653 g/mol. The molecule has 0 aromatic carbocycles. The molecule has 0 aromatic heterocycles. The second-order valence-corrected chi connectivity index (χ2v) is 42.6. The lowest BCUT2D eigenvalue weighted by atomic mass is 10.5. The molecule has 0 heterocycles. The van der Waals surface area contributed by atoms with Crippen molar-refractivity contribution in [2.45, 2.75) is 142 Å². The molecule has 0 N–H and O–H groups in total. The molecule has 43 heavy (non-hydrogen) atoms. The normalized spacial score (nSPS) is 17.4. The van der Waals surface area contributed by atoms with Crippen LogP contribution in [0.25, 0.3) is 0 Å². The van der Waals surface area contributed by atoms with Gasteiger partial charge in [-0.3, -0.25) is 0 Å². The molecule has 0 radical (unpaired) electrons. The Kier molecular flexibility index (Phi) is 16.3. The monoisotopic (exact) mass is 720 g/mol. The summed E-state index contributed by atoms with van der Waals surface area (Å²) < 4.78 is 41.3. The molecule has 6 nitrogen and oxygen atoms in total. The van der Waals surface area contributed by atoms with Crippen LogP contribution in [0.2, 0.25) is 85.1 Å². The second kappa shape index (κ2) is 16.3. The third-order valence-electron chi connectivity index (χ3n) is 8.31. The minimum absolute atomic E-state index is 0.0871. The van der Waals surface area contributed by atoms with Crippen molar-refractivity contribution < 1.29 is 25.9 Å². The standard InChI is InChI=1S/C30H68O6Si7/c1-21-28(37(8,9)24-4)32-40(14,15)27(7)31-43(20,35-41(16,17)33-29(22-2)38(10,11)25-5)36-42(18,19)34-30(23-3)39(12,13)26-6/h24-26,28-30H,4-7,21-23H2,1-3,8-20H3. The zero-order valence-corrected chi connectivity index (χ0v) is 37.9. The lowest BCUT2D eigenvalue weighted by Crippen LogP contribution is -2.62. The van der Waals surface area contributed by atoms with Crippen LogP contribution < -0.4 is 0 Å². The van der Waals surface area contributed by atoms with Crippen molar-refractivity contribution in [1.82, 2.24) is 0 Å². The fourth-order valence-corrected chi connectivity index (χ4v) is 28.4. The van der Waals surface area contributed by atoms with Crippen molar-refractivity contribution >= 4 is 58.5 Å². The second-order valence-electron chi connectivity index (χ2n) is 15.0. The predicted molar refractivity (Wildman–Crippen MR) is 205 cm³/mol. The molecule has 0 spiro atoms. The Morgan fingerprint density at radius 3 is 1.07 bits per heavy atom. The van der Waals surface area contributed by atoms with Gasteiger partial charge in [0.2, 0.25) is 0 Å². The number of hydrogen-bond donors (Lipinski definition) is 0. The smallest absolute Gasteiger partial charge is 0.508 e. The minimum atomic E-state index is -3.41. The van der Waals surface area contributed by atoms with E-state index in [4.69, 9.17) is 25.9 Å². The highest BCUT2D eigenvalue weighted by Gasteiger charge is 2.53. The summed E-state index contributed by atoms with van der Waals surface area (Å²) in [5.41, 5.74) is 6.60. The zero-order valence-electron chi connectivity index (χ0n) is 30.9. The lowest BCUT2D eigenvalue weighted by molar-refractivity contribution is 0.129. The van der Waals surface area contributed by atoms with Gasteiger partial charge in [-0.1, -0.05) is 83.7 Å². The van der Waals surface area contributed by atoms with Crippen LogP contribution >= 0.6 is 0 Å². The van der Waals surface area contributed by atoms with Crippen LogP contribution in [0.5, 0.6) is 0 Å². The van der Waals surface area contributed by atoms with E-state index in [1.807, 2.05) is 6.55 Å². The fraction of sp³-hybridized carbons (Fsp3) is 0.733. The van der Waals surface area contributed by atoms with Crippen LogP contribution in [-0.4, -0.2) is 75.6 Å². The maximum atomic E-state index is 6.99. The van der Waals surface area contributed by atoms with Crippen LogP contribution in [0.1, 0.15) is 40.0 Å². The van der Waals surface area contributed by atoms with Gasteiger partial charge in [0.1, 0.15) is 24.2 Å². The Morgan fingerprint density at radius 2 is 0.814 bits per heavy atom. The maximum Gasteiger partial charge on any atom is 0.544 e. The average molecular weight is 721 g/mol. The van der Waals surface area contributed by atoms with E-state index < -0.39 is 58.5 Å². The first kappa shape index (κ1) is 43.1.